The van der Waals surface area contributed by atoms with E-state index in [0.717, 1.165) is 10.2 Å². The minimum atomic E-state index is -0.405. The van der Waals surface area contributed by atoms with Gasteiger partial charge in [-0.1, -0.05) is 29.0 Å². The van der Waals surface area contributed by atoms with Gasteiger partial charge in [0.15, 0.2) is 4.80 Å². The van der Waals surface area contributed by atoms with E-state index in [1.165, 1.54) is 18.4 Å². The van der Waals surface area contributed by atoms with Crippen molar-refractivity contribution in [2.45, 2.75) is 19.9 Å². The molecule has 1 aromatic heterocycles. The molecule has 0 atom stereocenters. The topological polar surface area (TPSA) is 79.1 Å². The Morgan fingerprint density at radius 1 is 1.13 bits per heavy atom. The van der Waals surface area contributed by atoms with Crippen LogP contribution in [0.25, 0.3) is 10.2 Å². The van der Waals surface area contributed by atoms with Crippen molar-refractivity contribution >= 4 is 45.0 Å². The molecule has 0 saturated carbocycles. The molecule has 1 heterocycles. The number of amides is 1. The van der Waals surface area contributed by atoms with E-state index in [9.17, 15) is 9.59 Å². The first-order valence-electron chi connectivity index (χ1n) is 9.18. The van der Waals surface area contributed by atoms with Crippen molar-refractivity contribution in [1.29, 1.82) is 0 Å². The lowest BCUT2D eigenvalue weighted by molar-refractivity contribution is -0.143. The monoisotopic (exact) mass is 448 g/mol. The number of esters is 1. The Kier molecular flexibility index (Phi) is 7.12. The van der Waals surface area contributed by atoms with Crippen molar-refractivity contribution in [1.82, 2.24) is 4.57 Å². The van der Waals surface area contributed by atoms with Gasteiger partial charge in [0.25, 0.3) is 5.91 Å². The number of fused-ring (bicyclic) bond motifs is 1. The number of methoxy groups -OCH3 is 2. The molecule has 0 aliphatic carbocycles. The SMILES string of the molecule is CCOC(=O)Cn1c(=NC(=O)Cc2ccc(OC)cc2OC)sc2cc(Cl)ccc21. The predicted molar refractivity (Wildman–Crippen MR) is 115 cm³/mol. The number of hydrogen-bond donors (Lipinski definition) is 0. The molecule has 0 aliphatic rings. The zero-order valence-corrected chi connectivity index (χ0v) is 18.4. The maximum atomic E-state index is 12.7. The highest BCUT2D eigenvalue weighted by molar-refractivity contribution is 7.16. The van der Waals surface area contributed by atoms with Gasteiger partial charge in [-0.3, -0.25) is 9.59 Å². The van der Waals surface area contributed by atoms with Gasteiger partial charge >= 0.3 is 5.97 Å². The minimum absolute atomic E-state index is 0.0432. The van der Waals surface area contributed by atoms with Crippen LogP contribution in [0.2, 0.25) is 5.02 Å². The first kappa shape index (κ1) is 21.9. The van der Waals surface area contributed by atoms with Gasteiger partial charge < -0.3 is 18.8 Å². The zero-order chi connectivity index (χ0) is 21.7. The van der Waals surface area contributed by atoms with Gasteiger partial charge in [-0.2, -0.15) is 4.99 Å². The molecular weight excluding hydrogens is 428 g/mol. The summed E-state index contributed by atoms with van der Waals surface area (Å²) < 4.78 is 18.1. The van der Waals surface area contributed by atoms with Gasteiger partial charge in [0, 0.05) is 16.7 Å². The number of hydrogen-bond acceptors (Lipinski definition) is 6. The number of nitrogens with zero attached hydrogens (tertiary/aromatic N) is 2. The lowest BCUT2D eigenvalue weighted by Crippen LogP contribution is -2.23. The molecule has 158 valence electrons. The largest absolute Gasteiger partial charge is 0.497 e. The fourth-order valence-electron chi connectivity index (χ4n) is 2.93. The summed E-state index contributed by atoms with van der Waals surface area (Å²) in [5.74, 6) is 0.403. The van der Waals surface area contributed by atoms with E-state index in [4.69, 9.17) is 25.8 Å². The van der Waals surface area contributed by atoms with Crippen LogP contribution in [-0.2, 0) is 27.3 Å². The van der Waals surface area contributed by atoms with Crippen molar-refractivity contribution in [2.24, 2.45) is 4.99 Å². The first-order valence-corrected chi connectivity index (χ1v) is 10.4. The van der Waals surface area contributed by atoms with E-state index in [1.54, 1.807) is 55.0 Å². The fraction of sp³-hybridized carbons (Fsp3) is 0.286. The van der Waals surface area contributed by atoms with E-state index in [0.29, 0.717) is 26.9 Å². The van der Waals surface area contributed by atoms with Crippen LogP contribution in [0.5, 0.6) is 11.5 Å². The second-order valence-electron chi connectivity index (χ2n) is 6.25. The van der Waals surface area contributed by atoms with Crippen LogP contribution < -0.4 is 14.3 Å². The van der Waals surface area contributed by atoms with E-state index in [1.807, 2.05) is 0 Å². The number of aromatic nitrogens is 1. The molecule has 0 radical (unpaired) electrons. The van der Waals surface area contributed by atoms with Crippen LogP contribution in [0.4, 0.5) is 0 Å². The third kappa shape index (κ3) is 5.01. The molecule has 0 spiro atoms. The van der Waals surface area contributed by atoms with Crippen LogP contribution >= 0.6 is 22.9 Å². The molecule has 3 aromatic rings. The molecule has 0 saturated heterocycles. The highest BCUT2D eigenvalue weighted by atomic mass is 35.5. The molecule has 0 N–H and O–H groups in total. The number of thiazole rings is 1. The Morgan fingerprint density at radius 2 is 1.93 bits per heavy atom. The molecule has 9 heteroatoms. The van der Waals surface area contributed by atoms with Crippen LogP contribution in [-0.4, -0.2) is 37.3 Å². The van der Waals surface area contributed by atoms with Crippen LogP contribution in [0, 0.1) is 0 Å². The minimum Gasteiger partial charge on any atom is -0.497 e. The smallest absolute Gasteiger partial charge is 0.326 e. The Morgan fingerprint density at radius 3 is 2.63 bits per heavy atom. The summed E-state index contributed by atoms with van der Waals surface area (Å²) in [7, 11) is 3.09. The average Bonchev–Trinajstić information content (AvgIpc) is 3.04. The molecule has 7 nitrogen and oxygen atoms in total. The van der Waals surface area contributed by atoms with Gasteiger partial charge in [0.05, 0.1) is 37.5 Å². The summed E-state index contributed by atoms with van der Waals surface area (Å²) in [4.78, 5) is 29.4. The van der Waals surface area contributed by atoms with Gasteiger partial charge in [-0.15, -0.1) is 0 Å². The summed E-state index contributed by atoms with van der Waals surface area (Å²) in [6.45, 7) is 1.97. The van der Waals surface area contributed by atoms with E-state index < -0.39 is 5.97 Å². The second kappa shape index (κ2) is 9.77. The molecule has 1 amide bonds. The number of rotatable bonds is 7. The average molecular weight is 449 g/mol. The van der Waals surface area contributed by atoms with Crippen molar-refractivity contribution in [2.75, 3.05) is 20.8 Å². The summed E-state index contributed by atoms with van der Waals surface area (Å²) in [6, 6.07) is 10.5. The maximum absolute atomic E-state index is 12.7. The number of carbonyl (C=O) groups is 2. The van der Waals surface area contributed by atoms with Gasteiger partial charge in [-0.05, 0) is 31.2 Å². The van der Waals surface area contributed by atoms with Crippen molar-refractivity contribution in [3.05, 3.63) is 51.8 Å². The summed E-state index contributed by atoms with van der Waals surface area (Å²) >= 11 is 7.38. The van der Waals surface area contributed by atoms with Gasteiger partial charge in [0.1, 0.15) is 18.0 Å². The molecule has 0 bridgehead atoms. The van der Waals surface area contributed by atoms with Crippen molar-refractivity contribution in [3.63, 3.8) is 0 Å². The molecule has 30 heavy (non-hydrogen) atoms. The lowest BCUT2D eigenvalue weighted by Gasteiger charge is -2.09. The van der Waals surface area contributed by atoms with Crippen molar-refractivity contribution < 1.29 is 23.8 Å². The third-order valence-electron chi connectivity index (χ3n) is 4.29. The maximum Gasteiger partial charge on any atom is 0.326 e. The first-order chi connectivity index (χ1) is 14.4. The van der Waals surface area contributed by atoms with Crippen molar-refractivity contribution in [3.8, 4) is 11.5 Å². The van der Waals surface area contributed by atoms with Crippen LogP contribution in [0.15, 0.2) is 41.4 Å². The number of benzene rings is 2. The summed E-state index contributed by atoms with van der Waals surface area (Å²) in [5.41, 5.74) is 1.44. The molecule has 0 unspecified atom stereocenters. The normalized spacial score (nSPS) is 11.5. The third-order valence-corrected chi connectivity index (χ3v) is 5.57. The van der Waals surface area contributed by atoms with E-state index in [-0.39, 0.29) is 25.5 Å². The Balaban J connectivity index is 1.98. The van der Waals surface area contributed by atoms with Gasteiger partial charge in [-0.25, -0.2) is 0 Å². The molecule has 2 aromatic carbocycles. The number of ether oxygens (including phenoxy) is 3. The molecule has 0 aliphatic heterocycles. The number of carbonyl (C=O) groups excluding carboxylic acids is 2. The molecular formula is C21H21ClN2O5S. The van der Waals surface area contributed by atoms with Gasteiger partial charge in [0.2, 0.25) is 0 Å². The lowest BCUT2D eigenvalue weighted by atomic mass is 10.1. The van der Waals surface area contributed by atoms with E-state index in [2.05, 4.69) is 4.99 Å². The van der Waals surface area contributed by atoms with Crippen LogP contribution in [0.3, 0.4) is 0 Å². The molecule has 3 rings (SSSR count). The summed E-state index contributed by atoms with van der Waals surface area (Å²) in [5, 5.41) is 0.563. The summed E-state index contributed by atoms with van der Waals surface area (Å²) in [6.07, 6.45) is 0.0432. The highest BCUT2D eigenvalue weighted by Crippen LogP contribution is 2.25. The fourth-order valence-corrected chi connectivity index (χ4v) is 4.25. The standard InChI is InChI=1S/C21H21ClN2O5S/c1-4-29-20(26)12-24-16-8-6-14(22)10-18(16)30-21(24)23-19(25)9-13-5-7-15(27-2)11-17(13)28-3/h5-8,10-11H,4,9,12H2,1-3H3. The highest BCUT2D eigenvalue weighted by Gasteiger charge is 2.14. The van der Waals surface area contributed by atoms with E-state index >= 15 is 0 Å². The Bertz CT molecular complexity index is 1150. The number of halogens is 1. The zero-order valence-electron chi connectivity index (χ0n) is 16.8. The Hall–Kier alpha value is -2.84. The van der Waals surface area contributed by atoms with Crippen LogP contribution in [0.1, 0.15) is 12.5 Å². The quantitative estimate of drug-likeness (QED) is 0.516. The molecule has 0 fully saturated rings. The Labute approximate surface area is 182 Å². The second-order valence-corrected chi connectivity index (χ2v) is 7.69. The predicted octanol–water partition coefficient (Wildman–Crippen LogP) is 3.61.